The third-order valence-corrected chi connectivity index (χ3v) is 5.22. The van der Waals surface area contributed by atoms with Gasteiger partial charge in [0.15, 0.2) is 0 Å². The Morgan fingerprint density at radius 1 is 0.909 bits per heavy atom. The Bertz CT molecular complexity index is 1380. The van der Waals surface area contributed by atoms with Gasteiger partial charge in [0.05, 0.1) is 24.7 Å². The van der Waals surface area contributed by atoms with E-state index in [4.69, 9.17) is 4.74 Å². The van der Waals surface area contributed by atoms with Gasteiger partial charge in [-0.3, -0.25) is 4.98 Å². The van der Waals surface area contributed by atoms with Crippen LogP contribution in [0.1, 0.15) is 5.56 Å². The first-order chi connectivity index (χ1) is 16.2. The van der Waals surface area contributed by atoms with E-state index < -0.39 is 0 Å². The maximum Gasteiger partial charge on any atom is 0.227 e. The Morgan fingerprint density at radius 3 is 2.58 bits per heavy atom. The third-order valence-electron chi connectivity index (χ3n) is 5.22. The van der Waals surface area contributed by atoms with Gasteiger partial charge in [-0.2, -0.15) is 0 Å². The average Bonchev–Trinajstić information content (AvgIpc) is 3.37. The van der Waals surface area contributed by atoms with E-state index in [0.29, 0.717) is 5.95 Å². The summed E-state index contributed by atoms with van der Waals surface area (Å²) in [5, 5.41) is 12.0. The summed E-state index contributed by atoms with van der Waals surface area (Å²) in [7, 11) is 1.64. The lowest BCUT2D eigenvalue weighted by Gasteiger charge is -2.10. The van der Waals surface area contributed by atoms with E-state index in [2.05, 4.69) is 30.6 Å². The number of aryl methyl sites for hydroxylation is 1. The molecule has 1 N–H and O–H groups in total. The molecule has 0 aliphatic rings. The molecule has 0 aliphatic carbocycles. The quantitative estimate of drug-likeness (QED) is 0.408. The van der Waals surface area contributed by atoms with Gasteiger partial charge in [0, 0.05) is 35.4 Å². The van der Waals surface area contributed by atoms with E-state index in [1.165, 1.54) is 0 Å². The van der Waals surface area contributed by atoms with Gasteiger partial charge in [-0.25, -0.2) is 14.6 Å². The summed E-state index contributed by atoms with van der Waals surface area (Å²) in [6, 6.07) is 19.5. The summed E-state index contributed by atoms with van der Waals surface area (Å²) in [5.74, 6) is 1.31. The summed E-state index contributed by atoms with van der Waals surface area (Å²) in [6.45, 7) is 2.03. The fraction of sp³-hybridized carbons (Fsp3) is 0.0800. The minimum absolute atomic E-state index is 0.512. The molecule has 0 unspecified atom stereocenters. The van der Waals surface area contributed by atoms with Gasteiger partial charge in [0.1, 0.15) is 11.4 Å². The van der Waals surface area contributed by atoms with Crippen LogP contribution in [0.3, 0.4) is 0 Å². The van der Waals surface area contributed by atoms with E-state index in [1.807, 2.05) is 73.8 Å². The van der Waals surface area contributed by atoms with Crippen LogP contribution in [0.5, 0.6) is 5.75 Å². The highest BCUT2D eigenvalue weighted by Gasteiger charge is 2.10. The second kappa shape index (κ2) is 8.88. The molecule has 8 heteroatoms. The molecule has 5 rings (SSSR count). The van der Waals surface area contributed by atoms with Crippen molar-refractivity contribution in [1.82, 2.24) is 29.9 Å². The first-order valence-electron chi connectivity index (χ1n) is 10.4. The zero-order valence-corrected chi connectivity index (χ0v) is 18.2. The van der Waals surface area contributed by atoms with Crippen molar-refractivity contribution in [2.24, 2.45) is 0 Å². The number of rotatable bonds is 6. The molecule has 0 saturated heterocycles. The van der Waals surface area contributed by atoms with Crippen molar-refractivity contribution < 1.29 is 4.74 Å². The van der Waals surface area contributed by atoms with E-state index in [9.17, 15) is 0 Å². The molecule has 0 bridgehead atoms. The monoisotopic (exact) mass is 435 g/mol. The summed E-state index contributed by atoms with van der Waals surface area (Å²) < 4.78 is 6.96. The van der Waals surface area contributed by atoms with Crippen LogP contribution in [0, 0.1) is 6.92 Å². The predicted octanol–water partition coefficient (Wildman–Crippen LogP) is 4.85. The normalized spacial score (nSPS) is 10.7. The molecule has 0 spiro atoms. The summed E-state index contributed by atoms with van der Waals surface area (Å²) in [5.41, 5.74) is 6.30. The first-order valence-corrected chi connectivity index (χ1v) is 10.4. The van der Waals surface area contributed by atoms with E-state index in [-0.39, 0.29) is 0 Å². The molecule has 3 heterocycles. The first kappa shape index (κ1) is 20.3. The van der Waals surface area contributed by atoms with Crippen LogP contribution in [0.15, 0.2) is 85.5 Å². The van der Waals surface area contributed by atoms with Crippen molar-refractivity contribution in [2.75, 3.05) is 12.4 Å². The Kier molecular flexibility index (Phi) is 5.47. The fourth-order valence-electron chi connectivity index (χ4n) is 3.39. The van der Waals surface area contributed by atoms with Crippen LogP contribution in [0.2, 0.25) is 0 Å². The number of anilines is 2. The maximum atomic E-state index is 5.22. The molecule has 8 nitrogen and oxygen atoms in total. The topological polar surface area (TPSA) is 90.6 Å². The van der Waals surface area contributed by atoms with Crippen LogP contribution in [0.25, 0.3) is 28.2 Å². The van der Waals surface area contributed by atoms with Crippen molar-refractivity contribution >= 4 is 11.6 Å². The lowest BCUT2D eigenvalue weighted by Crippen LogP contribution is -2.00. The molecule has 3 aromatic heterocycles. The number of nitrogens with one attached hydrogen (secondary N) is 1. The predicted molar refractivity (Wildman–Crippen MR) is 127 cm³/mol. The fourth-order valence-corrected chi connectivity index (χ4v) is 3.39. The van der Waals surface area contributed by atoms with Crippen molar-refractivity contribution in [3.63, 3.8) is 0 Å². The number of hydrogen-bond acceptors (Lipinski definition) is 7. The Morgan fingerprint density at radius 2 is 1.79 bits per heavy atom. The Labute approximate surface area is 191 Å². The van der Waals surface area contributed by atoms with Crippen molar-refractivity contribution in [3.8, 4) is 34.0 Å². The molecule has 33 heavy (non-hydrogen) atoms. The zero-order valence-electron chi connectivity index (χ0n) is 18.2. The molecule has 0 atom stereocenters. The van der Waals surface area contributed by atoms with Gasteiger partial charge in [0.2, 0.25) is 5.95 Å². The molecular formula is C25H21N7O. The Hall–Kier alpha value is -4.59. The highest BCUT2D eigenvalue weighted by molar-refractivity contribution is 5.70. The summed E-state index contributed by atoms with van der Waals surface area (Å²) in [4.78, 5) is 13.2. The van der Waals surface area contributed by atoms with Crippen LogP contribution < -0.4 is 10.1 Å². The summed E-state index contributed by atoms with van der Waals surface area (Å²) >= 11 is 0. The number of pyridine rings is 1. The smallest absolute Gasteiger partial charge is 0.227 e. The van der Waals surface area contributed by atoms with Gasteiger partial charge in [0.25, 0.3) is 0 Å². The van der Waals surface area contributed by atoms with Gasteiger partial charge < -0.3 is 10.1 Å². The molecular weight excluding hydrogens is 414 g/mol. The van der Waals surface area contributed by atoms with Gasteiger partial charge in [-0.05, 0) is 61.0 Å². The number of ether oxygens (including phenoxy) is 1. The molecule has 0 saturated carbocycles. The minimum atomic E-state index is 0.512. The number of methoxy groups -OCH3 is 1. The van der Waals surface area contributed by atoms with E-state index in [1.54, 1.807) is 30.4 Å². The molecule has 5 aromatic rings. The number of aromatic nitrogens is 6. The number of benzene rings is 2. The van der Waals surface area contributed by atoms with E-state index >= 15 is 0 Å². The van der Waals surface area contributed by atoms with Crippen LogP contribution in [0.4, 0.5) is 11.6 Å². The van der Waals surface area contributed by atoms with Crippen molar-refractivity contribution in [1.29, 1.82) is 0 Å². The van der Waals surface area contributed by atoms with Gasteiger partial charge in [-0.1, -0.05) is 17.3 Å². The third kappa shape index (κ3) is 4.40. The molecule has 2 aromatic carbocycles. The minimum Gasteiger partial charge on any atom is -0.497 e. The Balaban J connectivity index is 1.41. The average molecular weight is 435 g/mol. The van der Waals surface area contributed by atoms with Crippen LogP contribution in [-0.4, -0.2) is 37.1 Å². The molecule has 0 amide bonds. The lowest BCUT2D eigenvalue weighted by molar-refractivity contribution is 0.414. The number of hydrogen-bond donors (Lipinski definition) is 1. The highest BCUT2D eigenvalue weighted by atomic mass is 16.5. The second-order valence-electron chi connectivity index (χ2n) is 7.41. The van der Waals surface area contributed by atoms with Crippen molar-refractivity contribution in [2.45, 2.75) is 6.92 Å². The number of nitrogens with zero attached hydrogens (tertiary/aromatic N) is 6. The van der Waals surface area contributed by atoms with E-state index in [0.717, 1.165) is 45.2 Å². The SMILES string of the molecule is COc1ccc(-n2cc(-c3ccc(C)c(Nc4nccc(-c5cccnc5)n4)c3)nn2)cc1. The van der Waals surface area contributed by atoms with Gasteiger partial charge >= 0.3 is 0 Å². The summed E-state index contributed by atoms with van der Waals surface area (Å²) in [6.07, 6.45) is 7.15. The maximum absolute atomic E-state index is 5.22. The highest BCUT2D eigenvalue weighted by Crippen LogP contribution is 2.27. The molecule has 0 fully saturated rings. The molecule has 162 valence electrons. The molecule has 0 radical (unpaired) electrons. The lowest BCUT2D eigenvalue weighted by atomic mass is 10.1. The van der Waals surface area contributed by atoms with Gasteiger partial charge in [-0.15, -0.1) is 5.10 Å². The van der Waals surface area contributed by atoms with Crippen LogP contribution in [-0.2, 0) is 0 Å². The zero-order chi connectivity index (χ0) is 22.6. The standard InChI is InChI=1S/C25H21N7O/c1-17-5-6-18(24-16-32(31-30-24)20-7-9-21(33-2)10-8-20)14-23(17)29-25-27-13-11-22(28-25)19-4-3-12-26-15-19/h3-16H,1-2H3,(H,27,28,29). The van der Waals surface area contributed by atoms with Crippen LogP contribution >= 0.6 is 0 Å². The van der Waals surface area contributed by atoms with Crippen molar-refractivity contribution in [3.05, 3.63) is 91.0 Å². The largest absolute Gasteiger partial charge is 0.497 e. The molecule has 0 aliphatic heterocycles. The second-order valence-corrected chi connectivity index (χ2v) is 7.41.